The summed E-state index contributed by atoms with van der Waals surface area (Å²) in [4.78, 5) is 19.0. The summed E-state index contributed by atoms with van der Waals surface area (Å²) in [5.74, 6) is -3.16. The highest BCUT2D eigenvalue weighted by Crippen LogP contribution is 2.33. The predicted octanol–water partition coefficient (Wildman–Crippen LogP) is 3.88. The van der Waals surface area contributed by atoms with Crippen LogP contribution in [0.15, 0.2) is 41.7 Å². The van der Waals surface area contributed by atoms with Crippen molar-refractivity contribution < 1.29 is 17.8 Å². The van der Waals surface area contributed by atoms with Gasteiger partial charge in [-0.3, -0.25) is 9.48 Å². The highest BCUT2D eigenvalue weighted by Gasteiger charge is 2.33. The van der Waals surface area contributed by atoms with Crippen molar-refractivity contribution in [3.63, 3.8) is 0 Å². The van der Waals surface area contributed by atoms with Gasteiger partial charge in [-0.25, -0.2) is 22.8 Å². The molecule has 1 amide bonds. The van der Waals surface area contributed by atoms with Gasteiger partial charge in [0.05, 0.1) is 32.7 Å². The van der Waals surface area contributed by atoms with E-state index in [1.807, 2.05) is 4.90 Å². The van der Waals surface area contributed by atoms with E-state index in [2.05, 4.69) is 15.4 Å². The topological polar surface area (TPSA) is 104 Å². The molecule has 0 spiro atoms. The summed E-state index contributed by atoms with van der Waals surface area (Å²) in [7, 11) is -1.26. The quantitative estimate of drug-likeness (QED) is 0.612. The number of benzene rings is 1. The van der Waals surface area contributed by atoms with Crippen molar-refractivity contribution in [2.24, 2.45) is 7.05 Å². The number of carbonyl (C=O) groups is 1. The minimum Gasteiger partial charge on any atom is -0.371 e. The lowest BCUT2D eigenvalue weighted by Crippen LogP contribution is -2.28. The lowest BCUT2D eigenvalue weighted by atomic mass is 10.1. The lowest BCUT2D eigenvalue weighted by Gasteiger charge is -2.25. The molecular weight excluding hydrogens is 438 g/mol. The van der Waals surface area contributed by atoms with Crippen LogP contribution in [0.2, 0.25) is 0 Å². The highest BCUT2D eigenvalue weighted by atomic mass is 32.2. The van der Waals surface area contributed by atoms with Gasteiger partial charge in [-0.2, -0.15) is 5.10 Å². The molecule has 3 aromatic rings. The second-order valence-corrected chi connectivity index (χ2v) is 10.2. The monoisotopic (exact) mass is 462 g/mol. The Kier molecular flexibility index (Phi) is 5.61. The minimum absolute atomic E-state index is 0.0629. The van der Waals surface area contributed by atoms with Gasteiger partial charge in [0.25, 0.3) is 5.91 Å². The summed E-state index contributed by atoms with van der Waals surface area (Å²) in [5, 5.41) is 7.81. The molecule has 0 bridgehead atoms. The van der Waals surface area contributed by atoms with E-state index in [1.54, 1.807) is 36.1 Å². The molecular formula is C21H24F2N6O2S. The van der Waals surface area contributed by atoms with Crippen LogP contribution in [0.3, 0.4) is 0 Å². The molecule has 0 saturated carbocycles. The molecule has 11 heteroatoms. The van der Waals surface area contributed by atoms with Gasteiger partial charge >= 0.3 is 0 Å². The average Bonchev–Trinajstić information content (AvgIpc) is 2.98. The molecule has 0 radical (unpaired) electrons. The molecule has 2 aromatic heterocycles. The smallest absolute Gasteiger partial charge is 0.257 e. The van der Waals surface area contributed by atoms with Crippen molar-refractivity contribution in [1.82, 2.24) is 14.8 Å². The molecule has 1 aliphatic rings. The molecule has 1 aromatic carbocycles. The number of hydrogen-bond acceptors (Lipinski definition) is 6. The fourth-order valence-corrected chi connectivity index (χ4v) is 4.45. The SMILES string of the molecule is Cn1ncc2cc(C(=O)Nc3ccnc(S(C)(=N)=O)c3)c(N3CCCC(F)(F)CC3)cc21. The number of halogens is 2. The fraction of sp³-hybridized carbons (Fsp3) is 0.381. The number of anilines is 2. The second-order valence-electron chi connectivity index (χ2n) is 8.07. The molecule has 0 aliphatic carbocycles. The largest absolute Gasteiger partial charge is 0.371 e. The molecule has 32 heavy (non-hydrogen) atoms. The Hall–Kier alpha value is -3.08. The number of amides is 1. The number of pyridine rings is 1. The van der Waals surface area contributed by atoms with Crippen LogP contribution < -0.4 is 10.2 Å². The number of nitrogens with one attached hydrogen (secondary N) is 2. The summed E-state index contributed by atoms with van der Waals surface area (Å²) < 4.78 is 49.3. The van der Waals surface area contributed by atoms with Gasteiger partial charge in [0.1, 0.15) is 5.03 Å². The first-order valence-electron chi connectivity index (χ1n) is 10.1. The van der Waals surface area contributed by atoms with Crippen molar-refractivity contribution in [1.29, 1.82) is 4.78 Å². The van der Waals surface area contributed by atoms with Gasteiger partial charge in [-0.15, -0.1) is 0 Å². The first-order chi connectivity index (χ1) is 15.0. The van der Waals surface area contributed by atoms with Crippen LogP contribution in [0, 0.1) is 4.78 Å². The Labute approximate surface area is 184 Å². The Morgan fingerprint density at radius 1 is 1.25 bits per heavy atom. The third-order valence-corrected chi connectivity index (χ3v) is 6.58. The van der Waals surface area contributed by atoms with Crippen LogP contribution in [0.5, 0.6) is 0 Å². The summed E-state index contributed by atoms with van der Waals surface area (Å²) in [6, 6.07) is 6.45. The Morgan fingerprint density at radius 2 is 2.03 bits per heavy atom. The van der Waals surface area contributed by atoms with Crippen LogP contribution >= 0.6 is 0 Å². The zero-order chi connectivity index (χ0) is 23.1. The molecule has 1 atom stereocenters. The Bertz CT molecular complexity index is 1290. The van der Waals surface area contributed by atoms with E-state index in [0.29, 0.717) is 29.9 Å². The molecule has 1 unspecified atom stereocenters. The summed E-state index contributed by atoms with van der Waals surface area (Å²) >= 11 is 0. The maximum Gasteiger partial charge on any atom is 0.257 e. The summed E-state index contributed by atoms with van der Waals surface area (Å²) in [6.45, 7) is 0.544. The van der Waals surface area contributed by atoms with E-state index in [1.165, 1.54) is 18.5 Å². The molecule has 1 saturated heterocycles. The van der Waals surface area contributed by atoms with E-state index >= 15 is 0 Å². The van der Waals surface area contributed by atoms with Crippen LogP contribution in [-0.2, 0) is 16.8 Å². The summed E-state index contributed by atoms with van der Waals surface area (Å²) in [6.07, 6.45) is 4.14. The zero-order valence-electron chi connectivity index (χ0n) is 17.8. The number of nitrogens with zero attached hydrogens (tertiary/aromatic N) is 4. The molecule has 1 aliphatic heterocycles. The normalized spacial score (nSPS) is 18.2. The van der Waals surface area contributed by atoms with Crippen molar-refractivity contribution >= 4 is 37.9 Å². The predicted molar refractivity (Wildman–Crippen MR) is 119 cm³/mol. The Balaban J connectivity index is 1.72. The fourth-order valence-electron chi connectivity index (χ4n) is 3.84. The average molecular weight is 463 g/mol. The van der Waals surface area contributed by atoms with Crippen LogP contribution in [0.4, 0.5) is 20.2 Å². The molecule has 4 rings (SSSR count). The number of hydrogen-bond donors (Lipinski definition) is 2. The van der Waals surface area contributed by atoms with Gasteiger partial charge in [-0.05, 0) is 30.7 Å². The molecule has 8 nitrogen and oxygen atoms in total. The third kappa shape index (κ3) is 4.57. The zero-order valence-corrected chi connectivity index (χ0v) is 18.6. The molecule has 1 fully saturated rings. The standard InChI is InChI=1S/C21H24F2N6O2S/c1-28-17-12-18(29-8-3-5-21(22,23)6-9-29)16(10-14(17)13-26-28)20(30)27-15-4-7-25-19(11-15)32(2,24)31/h4,7,10-13,24H,3,5-6,8-9H2,1-2H3,(H,25,27,30). The van der Waals surface area contributed by atoms with Gasteiger partial charge in [0.15, 0.2) is 0 Å². The van der Waals surface area contributed by atoms with Gasteiger partial charge in [0, 0.05) is 56.5 Å². The maximum absolute atomic E-state index is 13.9. The first-order valence-corrected chi connectivity index (χ1v) is 12.1. The molecule has 2 N–H and O–H groups in total. The van der Waals surface area contributed by atoms with Crippen LogP contribution in [-0.4, -0.2) is 50.1 Å². The number of alkyl halides is 2. The van der Waals surface area contributed by atoms with E-state index in [9.17, 15) is 17.8 Å². The van der Waals surface area contributed by atoms with Crippen molar-refractivity contribution in [3.05, 3.63) is 42.2 Å². The summed E-state index contributed by atoms with van der Waals surface area (Å²) in [5.41, 5.74) is 2.03. The van der Waals surface area contributed by atoms with E-state index < -0.39 is 21.6 Å². The number of rotatable bonds is 4. The van der Waals surface area contributed by atoms with Crippen molar-refractivity contribution in [3.8, 4) is 0 Å². The van der Waals surface area contributed by atoms with E-state index in [-0.39, 0.29) is 24.4 Å². The maximum atomic E-state index is 13.9. The van der Waals surface area contributed by atoms with E-state index in [4.69, 9.17) is 4.78 Å². The highest BCUT2D eigenvalue weighted by molar-refractivity contribution is 7.91. The van der Waals surface area contributed by atoms with Crippen molar-refractivity contribution in [2.45, 2.75) is 30.2 Å². The van der Waals surface area contributed by atoms with Crippen LogP contribution in [0.25, 0.3) is 10.9 Å². The number of fused-ring (bicyclic) bond motifs is 1. The first kappa shape index (κ1) is 22.1. The third-order valence-electron chi connectivity index (χ3n) is 5.56. The van der Waals surface area contributed by atoms with Gasteiger partial charge in [0.2, 0.25) is 5.92 Å². The number of aryl methyl sites for hydroxylation is 1. The van der Waals surface area contributed by atoms with E-state index in [0.717, 1.165) is 10.9 Å². The number of carbonyl (C=O) groups excluding carboxylic acids is 1. The molecule has 3 heterocycles. The van der Waals surface area contributed by atoms with Crippen molar-refractivity contribution in [2.75, 3.05) is 29.6 Å². The van der Waals surface area contributed by atoms with Crippen LogP contribution in [0.1, 0.15) is 29.6 Å². The van der Waals surface area contributed by atoms with Gasteiger partial charge in [-0.1, -0.05) is 0 Å². The lowest BCUT2D eigenvalue weighted by molar-refractivity contribution is -0.0102. The second kappa shape index (κ2) is 8.12. The van der Waals surface area contributed by atoms with Gasteiger partial charge < -0.3 is 10.2 Å². The number of aromatic nitrogens is 3. The minimum atomic E-state index is -3.04. The Morgan fingerprint density at radius 3 is 2.78 bits per heavy atom. The molecule has 170 valence electrons.